The number of rotatable bonds is 6. The van der Waals surface area contributed by atoms with Gasteiger partial charge < -0.3 is 10.6 Å². The molecule has 0 unspecified atom stereocenters. The third-order valence-electron chi connectivity index (χ3n) is 3.88. The summed E-state index contributed by atoms with van der Waals surface area (Å²) in [5, 5.41) is 10.2. The number of carbonyl (C=O) groups excluding carboxylic acids is 1. The fourth-order valence-corrected chi connectivity index (χ4v) is 4.18. The minimum Gasteiger partial charge on any atom is -0.368 e. The van der Waals surface area contributed by atoms with Crippen molar-refractivity contribution >= 4 is 55.6 Å². The number of para-hydroxylation sites is 1. The van der Waals surface area contributed by atoms with E-state index in [9.17, 15) is 13.6 Å². The minimum atomic E-state index is -0.851. The number of aromatic nitrogens is 3. The lowest BCUT2D eigenvalue weighted by molar-refractivity contribution is 0.262. The molecule has 0 spiro atoms. The fourth-order valence-electron chi connectivity index (χ4n) is 2.56. The van der Waals surface area contributed by atoms with Crippen LogP contribution in [0.5, 0.6) is 0 Å². The molecular formula is C18H14F2N6OS2. The lowest BCUT2D eigenvalue weighted by Gasteiger charge is -2.07. The molecule has 148 valence electrons. The van der Waals surface area contributed by atoms with Crippen LogP contribution in [0.25, 0.3) is 10.2 Å². The normalized spacial score (nSPS) is 10.8. The van der Waals surface area contributed by atoms with E-state index in [1.54, 1.807) is 17.5 Å². The van der Waals surface area contributed by atoms with Crippen molar-refractivity contribution in [3.8, 4) is 0 Å². The molecule has 3 aromatic heterocycles. The van der Waals surface area contributed by atoms with Gasteiger partial charge in [0.25, 0.3) is 0 Å². The Labute approximate surface area is 171 Å². The van der Waals surface area contributed by atoms with E-state index in [2.05, 4.69) is 30.9 Å². The predicted molar refractivity (Wildman–Crippen MR) is 111 cm³/mol. The Morgan fingerprint density at radius 2 is 1.90 bits per heavy atom. The lowest BCUT2D eigenvalue weighted by atomic mass is 10.3. The Balaban J connectivity index is 1.31. The summed E-state index contributed by atoms with van der Waals surface area (Å²) in [6, 6.07) is 4.52. The number of benzene rings is 1. The Morgan fingerprint density at radius 1 is 1.07 bits per heavy atom. The van der Waals surface area contributed by atoms with Gasteiger partial charge in [-0.2, -0.15) is 0 Å². The number of hydrogen-bond donors (Lipinski definition) is 3. The molecule has 0 aliphatic rings. The second-order valence-corrected chi connectivity index (χ2v) is 7.87. The maximum Gasteiger partial charge on any atom is 0.325 e. The Morgan fingerprint density at radius 3 is 2.72 bits per heavy atom. The number of thiophene rings is 1. The largest absolute Gasteiger partial charge is 0.368 e. The number of carbonyl (C=O) groups is 1. The van der Waals surface area contributed by atoms with Crippen LogP contribution in [-0.4, -0.2) is 27.5 Å². The zero-order valence-corrected chi connectivity index (χ0v) is 16.4. The second-order valence-electron chi connectivity index (χ2n) is 5.84. The van der Waals surface area contributed by atoms with E-state index in [-0.39, 0.29) is 0 Å². The third kappa shape index (κ3) is 4.46. The van der Waals surface area contributed by atoms with Gasteiger partial charge in [-0.1, -0.05) is 6.07 Å². The van der Waals surface area contributed by atoms with Gasteiger partial charge in [-0.25, -0.2) is 28.5 Å². The first-order valence-electron chi connectivity index (χ1n) is 8.49. The number of amides is 2. The summed E-state index contributed by atoms with van der Waals surface area (Å²) in [5.41, 5.74) is 0.393. The molecule has 3 heterocycles. The van der Waals surface area contributed by atoms with Crippen LogP contribution in [0.1, 0.15) is 4.88 Å². The Kier molecular flexibility index (Phi) is 5.58. The van der Waals surface area contributed by atoms with Gasteiger partial charge in [0.15, 0.2) is 5.13 Å². The van der Waals surface area contributed by atoms with E-state index in [1.165, 1.54) is 23.7 Å². The Hall–Kier alpha value is -3.18. The number of urea groups is 1. The number of anilines is 3. The van der Waals surface area contributed by atoms with Gasteiger partial charge in [0.1, 0.15) is 29.5 Å². The van der Waals surface area contributed by atoms with Crippen LogP contribution in [0.2, 0.25) is 0 Å². The van der Waals surface area contributed by atoms with Gasteiger partial charge in [0.05, 0.1) is 10.2 Å². The van der Waals surface area contributed by atoms with E-state index in [1.807, 2.05) is 11.4 Å². The zero-order chi connectivity index (χ0) is 20.2. The summed E-state index contributed by atoms with van der Waals surface area (Å²) in [4.78, 5) is 25.5. The van der Waals surface area contributed by atoms with Gasteiger partial charge in [0, 0.05) is 24.0 Å². The first kappa shape index (κ1) is 19.2. The van der Waals surface area contributed by atoms with Crippen molar-refractivity contribution in [2.24, 2.45) is 0 Å². The monoisotopic (exact) mass is 432 g/mol. The second kappa shape index (κ2) is 8.45. The maximum absolute atomic E-state index is 13.6. The molecule has 0 saturated heterocycles. The number of hydrogen-bond acceptors (Lipinski definition) is 7. The van der Waals surface area contributed by atoms with E-state index in [4.69, 9.17) is 0 Å². The van der Waals surface area contributed by atoms with Crippen LogP contribution in [0, 0.1) is 11.6 Å². The van der Waals surface area contributed by atoms with Crippen LogP contribution in [0.4, 0.5) is 30.2 Å². The first-order chi connectivity index (χ1) is 14.1. The van der Waals surface area contributed by atoms with Gasteiger partial charge in [-0.05, 0) is 23.6 Å². The molecule has 4 aromatic rings. The van der Waals surface area contributed by atoms with Gasteiger partial charge in [-0.15, -0.1) is 22.7 Å². The van der Waals surface area contributed by atoms with Crippen molar-refractivity contribution in [1.29, 1.82) is 0 Å². The summed E-state index contributed by atoms with van der Waals surface area (Å²) in [5.74, 6) is -0.926. The molecule has 4 rings (SSSR count). The summed E-state index contributed by atoms with van der Waals surface area (Å²) < 4.78 is 28.2. The SMILES string of the molecule is O=C(Nc1ncc(CCNc2ncnc3ccsc23)s1)Nc1c(F)cccc1F. The summed E-state index contributed by atoms with van der Waals surface area (Å²) in [7, 11) is 0. The zero-order valence-electron chi connectivity index (χ0n) is 14.8. The molecule has 0 aliphatic heterocycles. The van der Waals surface area contributed by atoms with Crippen molar-refractivity contribution in [3.05, 3.63) is 58.7 Å². The van der Waals surface area contributed by atoms with Gasteiger partial charge in [0.2, 0.25) is 0 Å². The number of nitrogens with one attached hydrogen (secondary N) is 3. The molecule has 29 heavy (non-hydrogen) atoms. The predicted octanol–water partition coefficient (Wildman–Crippen LogP) is 4.72. The molecule has 7 nitrogen and oxygen atoms in total. The molecular weight excluding hydrogens is 418 g/mol. The van der Waals surface area contributed by atoms with Gasteiger partial charge in [-0.3, -0.25) is 5.32 Å². The Bertz CT molecular complexity index is 1140. The molecule has 0 aliphatic carbocycles. The smallest absolute Gasteiger partial charge is 0.325 e. The number of fused-ring (bicyclic) bond motifs is 1. The maximum atomic E-state index is 13.6. The van der Waals surface area contributed by atoms with Crippen molar-refractivity contribution in [2.75, 3.05) is 22.5 Å². The molecule has 2 amide bonds. The highest BCUT2D eigenvalue weighted by Crippen LogP contribution is 2.25. The van der Waals surface area contributed by atoms with Crippen LogP contribution in [0.3, 0.4) is 0 Å². The topological polar surface area (TPSA) is 91.8 Å². The van der Waals surface area contributed by atoms with E-state index >= 15 is 0 Å². The van der Waals surface area contributed by atoms with Crippen LogP contribution < -0.4 is 16.0 Å². The average Bonchev–Trinajstić information content (AvgIpc) is 3.35. The van der Waals surface area contributed by atoms with Gasteiger partial charge >= 0.3 is 6.03 Å². The highest BCUT2D eigenvalue weighted by atomic mass is 32.1. The molecule has 3 N–H and O–H groups in total. The molecule has 0 atom stereocenters. The van der Waals surface area contributed by atoms with Crippen molar-refractivity contribution in [1.82, 2.24) is 15.0 Å². The fraction of sp³-hybridized carbons (Fsp3) is 0.111. The summed E-state index contributed by atoms with van der Waals surface area (Å²) in [6.07, 6.45) is 3.83. The van der Waals surface area contributed by atoms with Crippen LogP contribution >= 0.6 is 22.7 Å². The minimum absolute atomic E-state index is 0.330. The molecule has 1 aromatic carbocycles. The summed E-state index contributed by atoms with van der Waals surface area (Å²) >= 11 is 2.85. The van der Waals surface area contributed by atoms with Crippen molar-refractivity contribution in [3.63, 3.8) is 0 Å². The molecule has 11 heteroatoms. The van der Waals surface area contributed by atoms with Crippen molar-refractivity contribution < 1.29 is 13.6 Å². The first-order valence-corrected chi connectivity index (χ1v) is 10.2. The highest BCUT2D eigenvalue weighted by molar-refractivity contribution is 7.17. The third-order valence-corrected chi connectivity index (χ3v) is 5.77. The number of thiazole rings is 1. The number of nitrogens with zero attached hydrogens (tertiary/aromatic N) is 3. The highest BCUT2D eigenvalue weighted by Gasteiger charge is 2.13. The molecule has 0 bridgehead atoms. The lowest BCUT2D eigenvalue weighted by Crippen LogP contribution is -2.20. The van der Waals surface area contributed by atoms with Crippen LogP contribution in [-0.2, 0) is 6.42 Å². The standard InChI is InChI=1S/C18H14F2N6OS2/c19-11-2-1-3-12(20)14(11)25-17(27)26-18-22-8-10(29-18)4-6-21-16-15-13(5-7-28-15)23-9-24-16/h1-3,5,7-9H,4,6H2,(H,21,23,24)(H2,22,25,26,27). The average molecular weight is 432 g/mol. The molecule has 0 saturated carbocycles. The number of halogens is 2. The quantitative estimate of drug-likeness (QED) is 0.410. The van der Waals surface area contributed by atoms with E-state index in [0.29, 0.717) is 18.1 Å². The summed E-state index contributed by atoms with van der Waals surface area (Å²) in [6.45, 7) is 0.623. The van der Waals surface area contributed by atoms with Crippen LogP contribution in [0.15, 0.2) is 42.2 Å². The van der Waals surface area contributed by atoms with E-state index in [0.717, 1.165) is 33.0 Å². The molecule has 0 radical (unpaired) electrons. The van der Waals surface area contributed by atoms with E-state index < -0.39 is 23.4 Å². The van der Waals surface area contributed by atoms with Crippen molar-refractivity contribution in [2.45, 2.75) is 6.42 Å². The molecule has 0 fully saturated rings.